The van der Waals surface area contributed by atoms with E-state index in [2.05, 4.69) is 5.10 Å². The molecule has 0 aliphatic carbocycles. The maximum atomic E-state index is 12.8. The van der Waals surface area contributed by atoms with Crippen LogP contribution in [0.3, 0.4) is 0 Å². The zero-order valence-electron chi connectivity index (χ0n) is 13.2. The number of aryl methyl sites for hydroxylation is 1. The van der Waals surface area contributed by atoms with Crippen LogP contribution in [0.2, 0.25) is 0 Å². The largest absolute Gasteiger partial charge is 0.433 e. The normalized spacial score (nSPS) is 16.4. The summed E-state index contributed by atoms with van der Waals surface area (Å²) in [5.74, 6) is -0.551. The van der Waals surface area contributed by atoms with Crippen LogP contribution >= 0.6 is 0 Å². The number of amides is 2. The third kappa shape index (κ3) is 3.83. The Hall–Kier alpha value is -2.06. The van der Waals surface area contributed by atoms with Crippen molar-refractivity contribution in [3.8, 4) is 0 Å². The Morgan fingerprint density at radius 3 is 2.48 bits per heavy atom. The fraction of sp³-hybridized carbons (Fsp3) is 0.643. The van der Waals surface area contributed by atoms with Gasteiger partial charge in [0, 0.05) is 32.7 Å². The van der Waals surface area contributed by atoms with Gasteiger partial charge in [-0.15, -0.1) is 0 Å². The third-order valence-corrected chi connectivity index (χ3v) is 3.58. The van der Waals surface area contributed by atoms with Crippen LogP contribution in [0.4, 0.5) is 13.2 Å². The van der Waals surface area contributed by atoms with Crippen molar-refractivity contribution in [1.29, 1.82) is 0 Å². The lowest BCUT2D eigenvalue weighted by molar-refractivity contribution is -0.143. The molecule has 0 saturated carbocycles. The molecule has 2 amide bonds. The quantitative estimate of drug-likeness (QED) is 0.840. The van der Waals surface area contributed by atoms with Gasteiger partial charge in [-0.1, -0.05) is 13.8 Å². The number of carbonyl (C=O) groups excluding carboxylic acids is 2. The highest BCUT2D eigenvalue weighted by molar-refractivity contribution is 5.95. The van der Waals surface area contributed by atoms with Crippen molar-refractivity contribution in [2.45, 2.75) is 20.0 Å². The second-order valence-corrected chi connectivity index (χ2v) is 6.00. The zero-order chi connectivity index (χ0) is 17.4. The number of rotatable bonds is 3. The molecule has 6 nitrogen and oxygen atoms in total. The highest BCUT2D eigenvalue weighted by Gasteiger charge is 2.37. The second-order valence-electron chi connectivity index (χ2n) is 6.00. The van der Waals surface area contributed by atoms with Crippen molar-refractivity contribution in [2.24, 2.45) is 13.0 Å². The number of halogens is 3. The van der Waals surface area contributed by atoms with Crippen molar-refractivity contribution < 1.29 is 22.8 Å². The summed E-state index contributed by atoms with van der Waals surface area (Å²) in [6, 6.07) is 0.716. The SMILES string of the molecule is CC(C)CN1CCN(C(=O)c2cc(C(F)(F)F)n(C)n2)CC1=O. The third-order valence-electron chi connectivity index (χ3n) is 3.58. The highest BCUT2D eigenvalue weighted by Crippen LogP contribution is 2.29. The average molecular weight is 332 g/mol. The van der Waals surface area contributed by atoms with E-state index in [1.165, 1.54) is 4.90 Å². The number of piperazine rings is 1. The van der Waals surface area contributed by atoms with E-state index in [0.717, 1.165) is 7.05 Å². The fourth-order valence-electron chi connectivity index (χ4n) is 2.51. The molecule has 1 aromatic heterocycles. The van der Waals surface area contributed by atoms with Gasteiger partial charge in [-0.25, -0.2) is 0 Å². The summed E-state index contributed by atoms with van der Waals surface area (Å²) in [5, 5.41) is 3.63. The number of nitrogens with zero attached hydrogens (tertiary/aromatic N) is 4. The molecule has 0 N–H and O–H groups in total. The van der Waals surface area contributed by atoms with Gasteiger partial charge in [0.2, 0.25) is 5.91 Å². The first kappa shape index (κ1) is 17.3. The van der Waals surface area contributed by atoms with Gasteiger partial charge in [0.15, 0.2) is 5.69 Å². The van der Waals surface area contributed by atoms with Crippen molar-refractivity contribution in [1.82, 2.24) is 19.6 Å². The Kier molecular flexibility index (Phi) is 4.67. The lowest BCUT2D eigenvalue weighted by atomic mass is 10.2. The fourth-order valence-corrected chi connectivity index (χ4v) is 2.51. The van der Waals surface area contributed by atoms with Crippen molar-refractivity contribution in [3.63, 3.8) is 0 Å². The standard InChI is InChI=1S/C14H19F3N4O2/c1-9(2)7-20-4-5-21(8-12(20)22)13(23)10-6-11(14(15,16)17)19(3)18-10/h6,9H,4-5,7-8H2,1-3H3. The van der Waals surface area contributed by atoms with Crippen LogP contribution in [-0.4, -0.2) is 57.6 Å². The van der Waals surface area contributed by atoms with Crippen LogP contribution in [0, 0.1) is 5.92 Å². The molecule has 0 spiro atoms. The summed E-state index contributed by atoms with van der Waals surface area (Å²) < 4.78 is 38.9. The molecule has 0 unspecified atom stereocenters. The van der Waals surface area contributed by atoms with Crippen LogP contribution < -0.4 is 0 Å². The van der Waals surface area contributed by atoms with Crippen LogP contribution in [0.15, 0.2) is 6.07 Å². The summed E-state index contributed by atoms with van der Waals surface area (Å²) in [6.07, 6.45) is -4.58. The number of carbonyl (C=O) groups is 2. The van der Waals surface area contributed by atoms with Crippen LogP contribution in [0.5, 0.6) is 0 Å². The molecule has 2 heterocycles. The number of aromatic nitrogens is 2. The van der Waals surface area contributed by atoms with Gasteiger partial charge in [-0.3, -0.25) is 14.3 Å². The van der Waals surface area contributed by atoms with E-state index in [9.17, 15) is 22.8 Å². The molecule has 9 heteroatoms. The van der Waals surface area contributed by atoms with E-state index in [-0.39, 0.29) is 24.7 Å². The van der Waals surface area contributed by atoms with Crippen LogP contribution in [-0.2, 0) is 18.0 Å². The van der Waals surface area contributed by atoms with E-state index in [4.69, 9.17) is 0 Å². The second kappa shape index (κ2) is 6.21. The number of alkyl halides is 3. The van der Waals surface area contributed by atoms with E-state index in [1.807, 2.05) is 13.8 Å². The minimum Gasteiger partial charge on any atom is -0.339 e. The molecule has 1 aliphatic rings. The van der Waals surface area contributed by atoms with Crippen LogP contribution in [0.1, 0.15) is 30.0 Å². The first-order valence-corrected chi connectivity index (χ1v) is 7.28. The van der Waals surface area contributed by atoms with Gasteiger partial charge in [0.1, 0.15) is 12.2 Å². The molecular weight excluding hydrogens is 313 g/mol. The van der Waals surface area contributed by atoms with Crippen molar-refractivity contribution in [3.05, 3.63) is 17.5 Å². The van der Waals surface area contributed by atoms with E-state index in [1.54, 1.807) is 4.90 Å². The Morgan fingerprint density at radius 2 is 2.00 bits per heavy atom. The van der Waals surface area contributed by atoms with Gasteiger partial charge in [0.05, 0.1) is 0 Å². The molecule has 1 fully saturated rings. The minimum atomic E-state index is -4.58. The lowest BCUT2D eigenvalue weighted by Crippen LogP contribution is -2.53. The Morgan fingerprint density at radius 1 is 1.35 bits per heavy atom. The van der Waals surface area contributed by atoms with Gasteiger partial charge in [-0.05, 0) is 5.92 Å². The first-order valence-electron chi connectivity index (χ1n) is 7.28. The number of hydrogen-bond acceptors (Lipinski definition) is 3. The predicted molar refractivity (Wildman–Crippen MR) is 75.5 cm³/mol. The Bertz CT molecular complexity index is 610. The molecular formula is C14H19F3N4O2. The average Bonchev–Trinajstić information content (AvgIpc) is 2.82. The molecule has 0 bridgehead atoms. The van der Waals surface area contributed by atoms with Gasteiger partial charge in [-0.2, -0.15) is 18.3 Å². The Balaban J connectivity index is 2.09. The summed E-state index contributed by atoms with van der Waals surface area (Å²) in [5.41, 5.74) is -1.30. The molecule has 1 aliphatic heterocycles. The van der Waals surface area contributed by atoms with Crippen molar-refractivity contribution in [2.75, 3.05) is 26.2 Å². The van der Waals surface area contributed by atoms with Gasteiger partial charge < -0.3 is 9.80 Å². The van der Waals surface area contributed by atoms with Gasteiger partial charge in [0.25, 0.3) is 5.91 Å². The molecule has 2 rings (SSSR count). The summed E-state index contributed by atoms with van der Waals surface area (Å²) in [4.78, 5) is 27.2. The summed E-state index contributed by atoms with van der Waals surface area (Å²) in [7, 11) is 1.13. The maximum Gasteiger partial charge on any atom is 0.433 e. The molecule has 23 heavy (non-hydrogen) atoms. The smallest absolute Gasteiger partial charge is 0.339 e. The zero-order valence-corrected chi connectivity index (χ0v) is 13.2. The molecule has 0 aromatic carbocycles. The van der Waals surface area contributed by atoms with E-state index in [0.29, 0.717) is 29.8 Å². The van der Waals surface area contributed by atoms with Crippen LogP contribution in [0.25, 0.3) is 0 Å². The molecule has 0 atom stereocenters. The summed E-state index contributed by atoms with van der Waals surface area (Å²) >= 11 is 0. The molecule has 0 radical (unpaired) electrons. The molecule has 1 saturated heterocycles. The topological polar surface area (TPSA) is 58.4 Å². The predicted octanol–water partition coefficient (Wildman–Crippen LogP) is 1.38. The monoisotopic (exact) mass is 332 g/mol. The molecule has 128 valence electrons. The van der Waals surface area contributed by atoms with Gasteiger partial charge >= 0.3 is 6.18 Å². The Labute approximate surface area is 131 Å². The first-order chi connectivity index (χ1) is 10.6. The van der Waals surface area contributed by atoms with E-state index >= 15 is 0 Å². The lowest BCUT2D eigenvalue weighted by Gasteiger charge is -2.34. The van der Waals surface area contributed by atoms with E-state index < -0.39 is 17.8 Å². The maximum absolute atomic E-state index is 12.8. The highest BCUT2D eigenvalue weighted by atomic mass is 19.4. The summed E-state index contributed by atoms with van der Waals surface area (Å²) in [6.45, 7) is 5.10. The molecule has 1 aromatic rings. The number of hydrogen-bond donors (Lipinski definition) is 0. The van der Waals surface area contributed by atoms with Crippen molar-refractivity contribution >= 4 is 11.8 Å². The minimum absolute atomic E-state index is 0.135.